The number of rotatable bonds is 3. The summed E-state index contributed by atoms with van der Waals surface area (Å²) in [5.41, 5.74) is 0.826. The van der Waals surface area contributed by atoms with Gasteiger partial charge in [-0.3, -0.25) is 0 Å². The summed E-state index contributed by atoms with van der Waals surface area (Å²) in [6.07, 6.45) is 3.65. The Morgan fingerprint density at radius 1 is 1.30 bits per heavy atom. The molecule has 1 aliphatic rings. The highest BCUT2D eigenvalue weighted by atomic mass is 79.9. The van der Waals surface area contributed by atoms with Gasteiger partial charge in [-0.15, -0.1) is 0 Å². The highest BCUT2D eigenvalue weighted by Crippen LogP contribution is 2.39. The first kappa shape index (κ1) is 16.5. The van der Waals surface area contributed by atoms with E-state index in [1.54, 1.807) is 0 Å². The number of sulfone groups is 1. The van der Waals surface area contributed by atoms with Gasteiger partial charge in [-0.2, -0.15) is 0 Å². The largest absolute Gasteiger partial charge is 0.388 e. The van der Waals surface area contributed by atoms with Gasteiger partial charge in [0.25, 0.3) is 0 Å². The Balaban J connectivity index is 2.18. The molecule has 112 valence electrons. The molecule has 6 heteroatoms. The zero-order valence-corrected chi connectivity index (χ0v) is 15.2. The summed E-state index contributed by atoms with van der Waals surface area (Å²) in [4.78, 5) is 0. The Morgan fingerprint density at radius 2 is 2.00 bits per heavy atom. The van der Waals surface area contributed by atoms with Crippen molar-refractivity contribution in [3.63, 3.8) is 0 Å². The summed E-state index contributed by atoms with van der Waals surface area (Å²) < 4.78 is 25.2. The van der Waals surface area contributed by atoms with Gasteiger partial charge in [-0.25, -0.2) is 8.42 Å². The first-order valence-corrected chi connectivity index (χ1v) is 10.1. The van der Waals surface area contributed by atoms with Crippen molar-refractivity contribution in [2.24, 2.45) is 5.92 Å². The standard InChI is InChI=1S/C14H18Br2O3S/c1-20(18,19)11-4-2-3-9(7-11)14(17)12-6-5-10(15)8-13(12)16/h5-6,8-9,11,14,17H,2-4,7H2,1H3. The lowest BCUT2D eigenvalue weighted by Crippen LogP contribution is -2.30. The van der Waals surface area contributed by atoms with Gasteiger partial charge in [-0.05, 0) is 42.9 Å². The maximum absolute atomic E-state index is 11.7. The molecule has 1 aromatic rings. The lowest BCUT2D eigenvalue weighted by atomic mass is 9.82. The Bertz CT molecular complexity index is 586. The lowest BCUT2D eigenvalue weighted by Gasteiger charge is -2.31. The summed E-state index contributed by atoms with van der Waals surface area (Å²) in [5, 5.41) is 10.2. The minimum absolute atomic E-state index is 0.000880. The van der Waals surface area contributed by atoms with E-state index < -0.39 is 15.9 Å². The molecule has 20 heavy (non-hydrogen) atoms. The van der Waals surface area contributed by atoms with E-state index in [0.29, 0.717) is 12.8 Å². The molecule has 1 saturated carbocycles. The van der Waals surface area contributed by atoms with Crippen LogP contribution in [0.1, 0.15) is 37.4 Å². The van der Waals surface area contributed by atoms with Gasteiger partial charge in [0.1, 0.15) is 9.84 Å². The van der Waals surface area contributed by atoms with Crippen LogP contribution in [0.3, 0.4) is 0 Å². The normalized spacial score (nSPS) is 25.4. The predicted octanol–water partition coefficient (Wildman–Crippen LogP) is 3.85. The first-order chi connectivity index (χ1) is 9.29. The van der Waals surface area contributed by atoms with E-state index in [1.807, 2.05) is 18.2 Å². The molecule has 1 aromatic carbocycles. The molecule has 0 radical (unpaired) electrons. The monoisotopic (exact) mass is 424 g/mol. The van der Waals surface area contributed by atoms with Crippen LogP contribution in [-0.2, 0) is 9.84 Å². The molecule has 3 atom stereocenters. The number of aliphatic hydroxyl groups excluding tert-OH is 1. The van der Waals surface area contributed by atoms with Crippen LogP contribution in [0.4, 0.5) is 0 Å². The molecule has 0 aromatic heterocycles. The van der Waals surface area contributed by atoms with Crippen LogP contribution >= 0.6 is 31.9 Å². The highest BCUT2D eigenvalue weighted by Gasteiger charge is 2.33. The van der Waals surface area contributed by atoms with Gasteiger partial charge in [0.15, 0.2) is 0 Å². The molecule has 0 amide bonds. The van der Waals surface area contributed by atoms with Gasteiger partial charge >= 0.3 is 0 Å². The molecule has 1 N–H and O–H groups in total. The van der Waals surface area contributed by atoms with Gasteiger partial charge in [0.05, 0.1) is 11.4 Å². The van der Waals surface area contributed by atoms with E-state index in [4.69, 9.17) is 0 Å². The van der Waals surface area contributed by atoms with Crippen LogP contribution in [0.25, 0.3) is 0 Å². The van der Waals surface area contributed by atoms with E-state index in [-0.39, 0.29) is 11.2 Å². The Kier molecular flexibility index (Phi) is 5.32. The van der Waals surface area contributed by atoms with Crippen molar-refractivity contribution >= 4 is 41.7 Å². The molecule has 0 saturated heterocycles. The molecule has 1 fully saturated rings. The fourth-order valence-corrected chi connectivity index (χ4v) is 5.33. The molecule has 2 rings (SSSR count). The molecule has 0 aliphatic heterocycles. The van der Waals surface area contributed by atoms with Crippen molar-refractivity contribution in [3.05, 3.63) is 32.7 Å². The van der Waals surface area contributed by atoms with Crippen molar-refractivity contribution in [1.82, 2.24) is 0 Å². The fraction of sp³-hybridized carbons (Fsp3) is 0.571. The summed E-state index contributed by atoms with van der Waals surface area (Å²) >= 11 is 6.85. The van der Waals surface area contributed by atoms with E-state index in [2.05, 4.69) is 31.9 Å². The second-order valence-corrected chi connectivity index (χ2v) is 9.58. The molecular formula is C14H18Br2O3S. The van der Waals surface area contributed by atoms with Gasteiger partial charge in [0.2, 0.25) is 0 Å². The molecule has 0 spiro atoms. The fourth-order valence-electron chi connectivity index (χ4n) is 2.85. The van der Waals surface area contributed by atoms with Crippen LogP contribution in [0, 0.1) is 5.92 Å². The minimum Gasteiger partial charge on any atom is -0.388 e. The van der Waals surface area contributed by atoms with Crippen molar-refractivity contribution in [1.29, 1.82) is 0 Å². The SMILES string of the molecule is CS(=O)(=O)C1CCCC(C(O)c2ccc(Br)cc2Br)C1. The van der Waals surface area contributed by atoms with Gasteiger partial charge in [0, 0.05) is 15.2 Å². The minimum atomic E-state index is -3.02. The molecule has 0 bridgehead atoms. The van der Waals surface area contributed by atoms with Crippen LogP contribution in [0.5, 0.6) is 0 Å². The van der Waals surface area contributed by atoms with E-state index in [9.17, 15) is 13.5 Å². The van der Waals surface area contributed by atoms with Crippen LogP contribution in [0.2, 0.25) is 0 Å². The number of halogens is 2. The number of hydrogen-bond acceptors (Lipinski definition) is 3. The highest BCUT2D eigenvalue weighted by molar-refractivity contribution is 9.11. The van der Waals surface area contributed by atoms with Crippen LogP contribution in [-0.4, -0.2) is 25.0 Å². The molecule has 3 unspecified atom stereocenters. The maximum atomic E-state index is 11.7. The Labute approximate surface area is 136 Å². The van der Waals surface area contributed by atoms with Crippen molar-refractivity contribution in [2.75, 3.05) is 6.26 Å². The third-order valence-corrected chi connectivity index (χ3v) is 6.82. The smallest absolute Gasteiger partial charge is 0.150 e. The number of benzene rings is 1. The van der Waals surface area contributed by atoms with Gasteiger partial charge in [-0.1, -0.05) is 44.3 Å². The zero-order chi connectivity index (χ0) is 14.9. The summed E-state index contributed by atoms with van der Waals surface area (Å²) in [6.45, 7) is 0. The lowest BCUT2D eigenvalue weighted by molar-refractivity contribution is 0.0851. The second kappa shape index (κ2) is 6.46. The van der Waals surface area contributed by atoms with E-state index in [1.165, 1.54) is 6.26 Å². The van der Waals surface area contributed by atoms with Crippen LogP contribution < -0.4 is 0 Å². The van der Waals surface area contributed by atoms with Crippen molar-refractivity contribution in [3.8, 4) is 0 Å². The zero-order valence-electron chi connectivity index (χ0n) is 11.2. The Morgan fingerprint density at radius 3 is 2.60 bits per heavy atom. The second-order valence-electron chi connectivity index (χ2n) is 5.49. The third-order valence-electron chi connectivity index (χ3n) is 4.00. The third kappa shape index (κ3) is 3.84. The van der Waals surface area contributed by atoms with Crippen molar-refractivity contribution in [2.45, 2.75) is 37.0 Å². The topological polar surface area (TPSA) is 54.4 Å². The Hall–Kier alpha value is 0.0900. The van der Waals surface area contributed by atoms with Crippen molar-refractivity contribution < 1.29 is 13.5 Å². The summed E-state index contributed by atoms with van der Waals surface area (Å²) in [5.74, 6) is 0.000880. The molecule has 0 heterocycles. The molecule has 1 aliphatic carbocycles. The average molecular weight is 426 g/mol. The number of aliphatic hydroxyl groups is 1. The van der Waals surface area contributed by atoms with Gasteiger partial charge < -0.3 is 5.11 Å². The number of hydrogen-bond donors (Lipinski definition) is 1. The molecule has 3 nitrogen and oxygen atoms in total. The van der Waals surface area contributed by atoms with Crippen LogP contribution in [0.15, 0.2) is 27.1 Å². The molecular weight excluding hydrogens is 408 g/mol. The van der Waals surface area contributed by atoms with E-state index in [0.717, 1.165) is 27.4 Å². The predicted molar refractivity (Wildman–Crippen MR) is 87.4 cm³/mol. The first-order valence-electron chi connectivity index (χ1n) is 6.61. The summed E-state index contributed by atoms with van der Waals surface area (Å²) in [6, 6.07) is 5.67. The average Bonchev–Trinajstić information content (AvgIpc) is 2.37. The van der Waals surface area contributed by atoms with E-state index >= 15 is 0 Å². The summed E-state index contributed by atoms with van der Waals surface area (Å²) in [7, 11) is -3.02. The maximum Gasteiger partial charge on any atom is 0.150 e. The quantitative estimate of drug-likeness (QED) is 0.799.